The van der Waals surface area contributed by atoms with E-state index in [2.05, 4.69) is 12.2 Å². The van der Waals surface area contributed by atoms with E-state index >= 15 is 0 Å². The van der Waals surface area contributed by atoms with E-state index in [0.29, 0.717) is 18.2 Å². The molecule has 130 valence electrons. The number of hydrogen-bond donors (Lipinski definition) is 1. The smallest absolute Gasteiger partial charge is 0.290 e. The maximum absolute atomic E-state index is 12.8. The molecule has 1 aliphatic heterocycles. The lowest BCUT2D eigenvalue weighted by molar-refractivity contribution is -0.126. The fourth-order valence-corrected chi connectivity index (χ4v) is 5.16. The fraction of sp³-hybridized carbons (Fsp3) is 0.684. The highest BCUT2D eigenvalue weighted by Crippen LogP contribution is 2.49. The number of furan rings is 1. The van der Waals surface area contributed by atoms with Crippen molar-refractivity contribution in [2.75, 3.05) is 6.54 Å². The molecule has 2 bridgehead atoms. The summed E-state index contributed by atoms with van der Waals surface area (Å²) in [6, 6.07) is 3.21. The predicted molar refractivity (Wildman–Crippen MR) is 89.3 cm³/mol. The molecule has 1 N–H and O–H groups in total. The Bertz CT molecular complexity index is 612. The summed E-state index contributed by atoms with van der Waals surface area (Å²) in [6.45, 7) is 2.76. The summed E-state index contributed by atoms with van der Waals surface area (Å²) in [7, 11) is 0. The third kappa shape index (κ3) is 2.74. The quantitative estimate of drug-likeness (QED) is 0.923. The van der Waals surface area contributed by atoms with Crippen LogP contribution in [-0.4, -0.2) is 35.3 Å². The summed E-state index contributed by atoms with van der Waals surface area (Å²) < 4.78 is 5.21. The number of fused-ring (bicyclic) bond motifs is 2. The van der Waals surface area contributed by atoms with Crippen molar-refractivity contribution in [3.8, 4) is 0 Å². The zero-order valence-electron chi connectivity index (χ0n) is 14.2. The first-order valence-electron chi connectivity index (χ1n) is 9.28. The molecular formula is C19H26N2O3. The van der Waals surface area contributed by atoms with Crippen molar-refractivity contribution in [3.05, 3.63) is 24.2 Å². The van der Waals surface area contributed by atoms with Crippen LogP contribution in [0.25, 0.3) is 0 Å². The SMILES string of the molecule is C[C@@H](NC(=O)[C@@H]1CCCN1C(=O)c1ccco1)[C@H]1C[C@H]2CC[C@H]1C2. The highest BCUT2D eigenvalue weighted by atomic mass is 16.3. The van der Waals surface area contributed by atoms with E-state index in [1.807, 2.05) is 0 Å². The highest BCUT2D eigenvalue weighted by Gasteiger charge is 2.43. The zero-order chi connectivity index (χ0) is 16.7. The number of nitrogens with one attached hydrogen (secondary N) is 1. The minimum Gasteiger partial charge on any atom is -0.459 e. The van der Waals surface area contributed by atoms with Gasteiger partial charge in [-0.05, 0) is 68.9 Å². The van der Waals surface area contributed by atoms with Crippen LogP contribution in [0.4, 0.5) is 0 Å². The van der Waals surface area contributed by atoms with Crippen molar-refractivity contribution in [2.24, 2.45) is 17.8 Å². The van der Waals surface area contributed by atoms with E-state index in [0.717, 1.165) is 24.7 Å². The molecule has 24 heavy (non-hydrogen) atoms. The molecule has 0 aromatic carbocycles. The van der Waals surface area contributed by atoms with Crippen LogP contribution in [0.3, 0.4) is 0 Å². The number of nitrogens with zero attached hydrogens (tertiary/aromatic N) is 1. The molecule has 5 atom stereocenters. The summed E-state index contributed by atoms with van der Waals surface area (Å²) in [4.78, 5) is 27.0. The van der Waals surface area contributed by atoms with Crippen LogP contribution in [-0.2, 0) is 4.79 Å². The number of hydrogen-bond acceptors (Lipinski definition) is 3. The Morgan fingerprint density at radius 3 is 2.83 bits per heavy atom. The number of likely N-dealkylation sites (tertiary alicyclic amines) is 1. The van der Waals surface area contributed by atoms with Crippen molar-refractivity contribution in [1.82, 2.24) is 10.2 Å². The Morgan fingerprint density at radius 2 is 2.17 bits per heavy atom. The molecule has 5 nitrogen and oxygen atoms in total. The molecule has 1 saturated heterocycles. The first-order valence-corrected chi connectivity index (χ1v) is 9.28. The standard InChI is InChI=1S/C19H26N2O3/c1-12(15-11-13-6-7-14(15)10-13)20-18(22)16-4-2-8-21(16)19(23)17-5-3-9-24-17/h3,5,9,12-16H,2,4,6-8,10-11H2,1H3,(H,20,22)/t12-,13+,14+,15-,16+/m1/s1. The molecule has 3 aliphatic rings. The summed E-state index contributed by atoms with van der Waals surface area (Å²) in [5.41, 5.74) is 0. The average molecular weight is 330 g/mol. The Hall–Kier alpha value is -1.78. The molecule has 2 aliphatic carbocycles. The normalized spacial score (nSPS) is 33.0. The highest BCUT2D eigenvalue weighted by molar-refractivity contribution is 5.96. The van der Waals surface area contributed by atoms with Gasteiger partial charge < -0.3 is 14.6 Å². The lowest BCUT2D eigenvalue weighted by Gasteiger charge is -2.31. The topological polar surface area (TPSA) is 62.6 Å². The van der Waals surface area contributed by atoms with E-state index in [1.54, 1.807) is 17.0 Å². The minimum absolute atomic E-state index is 0.00248. The van der Waals surface area contributed by atoms with Gasteiger partial charge in [-0.2, -0.15) is 0 Å². The van der Waals surface area contributed by atoms with Crippen molar-refractivity contribution in [2.45, 2.75) is 57.5 Å². The van der Waals surface area contributed by atoms with E-state index in [1.165, 1.54) is 31.9 Å². The molecule has 1 aromatic heterocycles. The van der Waals surface area contributed by atoms with Crippen LogP contribution in [0.2, 0.25) is 0 Å². The molecular weight excluding hydrogens is 304 g/mol. The van der Waals surface area contributed by atoms with Crippen LogP contribution < -0.4 is 5.32 Å². The van der Waals surface area contributed by atoms with Crippen molar-refractivity contribution in [3.63, 3.8) is 0 Å². The van der Waals surface area contributed by atoms with E-state index in [9.17, 15) is 9.59 Å². The van der Waals surface area contributed by atoms with Gasteiger partial charge in [0.25, 0.3) is 5.91 Å². The molecule has 0 spiro atoms. The van der Waals surface area contributed by atoms with Crippen molar-refractivity contribution in [1.29, 1.82) is 0 Å². The Labute approximate surface area is 142 Å². The summed E-state index contributed by atoms with van der Waals surface area (Å²) in [5, 5.41) is 3.22. The third-order valence-corrected chi connectivity index (χ3v) is 6.35. The number of rotatable bonds is 4. The van der Waals surface area contributed by atoms with Gasteiger partial charge in [-0.25, -0.2) is 0 Å². The van der Waals surface area contributed by atoms with Crippen molar-refractivity contribution >= 4 is 11.8 Å². The monoisotopic (exact) mass is 330 g/mol. The maximum atomic E-state index is 12.8. The van der Waals surface area contributed by atoms with Gasteiger partial charge in [0.2, 0.25) is 5.91 Å². The van der Waals surface area contributed by atoms with Gasteiger partial charge in [0.1, 0.15) is 6.04 Å². The second-order valence-corrected chi connectivity index (χ2v) is 7.77. The molecule has 0 unspecified atom stereocenters. The Morgan fingerprint density at radius 1 is 1.29 bits per heavy atom. The molecule has 1 aromatic rings. The first-order chi connectivity index (χ1) is 11.6. The average Bonchev–Trinajstić information content (AvgIpc) is 3.38. The van der Waals surface area contributed by atoms with Crippen LogP contribution in [0, 0.1) is 17.8 Å². The Kier molecular flexibility index (Phi) is 4.10. The van der Waals surface area contributed by atoms with Gasteiger partial charge in [-0.15, -0.1) is 0 Å². The van der Waals surface area contributed by atoms with E-state index in [-0.39, 0.29) is 23.9 Å². The van der Waals surface area contributed by atoms with Crippen molar-refractivity contribution < 1.29 is 14.0 Å². The van der Waals surface area contributed by atoms with Gasteiger partial charge in [0.15, 0.2) is 5.76 Å². The molecule has 4 rings (SSSR count). The van der Waals surface area contributed by atoms with Gasteiger partial charge in [-0.3, -0.25) is 9.59 Å². The lowest BCUT2D eigenvalue weighted by atomic mass is 9.84. The largest absolute Gasteiger partial charge is 0.459 e. The fourth-order valence-electron chi connectivity index (χ4n) is 5.16. The summed E-state index contributed by atoms with van der Waals surface area (Å²) in [6.07, 6.45) is 8.39. The van der Waals surface area contributed by atoms with Gasteiger partial charge in [0, 0.05) is 12.6 Å². The molecule has 5 heteroatoms. The van der Waals surface area contributed by atoms with Gasteiger partial charge in [0.05, 0.1) is 6.26 Å². The summed E-state index contributed by atoms with van der Waals surface area (Å²) >= 11 is 0. The second-order valence-electron chi connectivity index (χ2n) is 7.77. The summed E-state index contributed by atoms with van der Waals surface area (Å²) in [5.74, 6) is 2.42. The molecule has 2 heterocycles. The van der Waals surface area contributed by atoms with Gasteiger partial charge in [-0.1, -0.05) is 6.42 Å². The molecule has 0 radical (unpaired) electrons. The second kappa shape index (κ2) is 6.26. The lowest BCUT2D eigenvalue weighted by Crippen LogP contribution is -2.50. The number of carbonyl (C=O) groups excluding carboxylic acids is 2. The van der Waals surface area contributed by atoms with Crippen LogP contribution in [0.15, 0.2) is 22.8 Å². The van der Waals surface area contributed by atoms with E-state index in [4.69, 9.17) is 4.42 Å². The predicted octanol–water partition coefficient (Wildman–Crippen LogP) is 2.83. The molecule has 3 fully saturated rings. The van der Waals surface area contributed by atoms with Crippen LogP contribution in [0.1, 0.15) is 56.0 Å². The molecule has 2 saturated carbocycles. The minimum atomic E-state index is -0.358. The Balaban J connectivity index is 1.39. The zero-order valence-corrected chi connectivity index (χ0v) is 14.2. The van der Waals surface area contributed by atoms with E-state index < -0.39 is 0 Å². The van der Waals surface area contributed by atoms with Crippen LogP contribution in [0.5, 0.6) is 0 Å². The number of carbonyl (C=O) groups is 2. The molecule has 2 amide bonds. The maximum Gasteiger partial charge on any atom is 0.290 e. The van der Waals surface area contributed by atoms with Crippen LogP contribution >= 0.6 is 0 Å². The third-order valence-electron chi connectivity index (χ3n) is 6.35. The number of amides is 2. The van der Waals surface area contributed by atoms with Gasteiger partial charge >= 0.3 is 0 Å². The first kappa shape index (κ1) is 15.7.